The number of aldehydes is 1. The number of hydrogen-bond donors (Lipinski definition) is 1. The average molecular weight is 312 g/mol. The van der Waals surface area contributed by atoms with Gasteiger partial charge in [0.2, 0.25) is 0 Å². The minimum Gasteiger partial charge on any atom is -0.369 e. The molecule has 0 spiro atoms. The highest BCUT2D eigenvalue weighted by atomic mass is 79.9. The summed E-state index contributed by atoms with van der Waals surface area (Å²) in [5.41, 5.74) is 0.949. The maximum Gasteiger partial charge on any atom is 0.147 e. The van der Waals surface area contributed by atoms with Crippen molar-refractivity contribution in [1.82, 2.24) is 9.97 Å². The number of rotatable bonds is 5. The van der Waals surface area contributed by atoms with Gasteiger partial charge in [-0.3, -0.25) is 0 Å². The summed E-state index contributed by atoms with van der Waals surface area (Å²) in [6.45, 7) is 0.685. The highest BCUT2D eigenvalue weighted by Gasteiger charge is 2.18. The molecule has 1 unspecified atom stereocenters. The lowest BCUT2D eigenvalue weighted by Crippen LogP contribution is -2.26. The van der Waals surface area contributed by atoms with E-state index in [1.807, 2.05) is 19.3 Å². The molecule has 2 aromatic heterocycles. The molecule has 0 aliphatic heterocycles. The quantitative estimate of drug-likeness (QED) is 0.515. The molecule has 2 rings (SSSR count). The number of hydrogen-bond acceptors (Lipinski definition) is 5. The highest BCUT2D eigenvalue weighted by molar-refractivity contribution is 9.10. The van der Waals surface area contributed by atoms with Crippen LogP contribution >= 0.6 is 27.3 Å². The Hall–Kier alpha value is -0.945. The van der Waals surface area contributed by atoms with Crippen molar-refractivity contribution < 1.29 is 4.79 Å². The van der Waals surface area contributed by atoms with Gasteiger partial charge in [-0.15, -0.1) is 11.3 Å². The molecule has 17 heavy (non-hydrogen) atoms. The van der Waals surface area contributed by atoms with Gasteiger partial charge < -0.3 is 10.1 Å². The molecule has 1 atom stereocenters. The molecule has 0 saturated carbocycles. The SMILES string of the molecule is BC(Br)(C=O)CCNc1ncnc2ccsc12. The first kappa shape index (κ1) is 12.5. The predicted octanol–water partition coefficient (Wildman–Crippen LogP) is 1.42. The lowest BCUT2D eigenvalue weighted by Gasteiger charge is -2.14. The fourth-order valence-electron chi connectivity index (χ4n) is 1.40. The predicted molar refractivity (Wildman–Crippen MR) is 76.8 cm³/mol. The van der Waals surface area contributed by atoms with E-state index in [1.165, 1.54) is 0 Å². The van der Waals surface area contributed by atoms with Gasteiger partial charge in [0.1, 0.15) is 26.3 Å². The molecule has 2 aromatic rings. The standard InChI is InChI=1S/C10H11BBrN3OS/c11-10(12,5-16)2-3-13-9-8-7(1-4-17-8)14-6-15-9/h1,4-6H,2-3,11H2,(H,13,14,15). The number of nitrogens with zero attached hydrogens (tertiary/aromatic N) is 2. The number of alkyl halides is 1. The fraction of sp³-hybridized carbons (Fsp3) is 0.300. The van der Waals surface area contributed by atoms with Gasteiger partial charge in [-0.1, -0.05) is 15.9 Å². The summed E-state index contributed by atoms with van der Waals surface area (Å²) < 4.78 is 0.580. The Labute approximate surface area is 112 Å². The summed E-state index contributed by atoms with van der Waals surface area (Å²) in [5.74, 6) is 0.833. The number of thiophene rings is 1. The molecular weight excluding hydrogens is 301 g/mol. The maximum absolute atomic E-state index is 10.7. The number of fused-ring (bicyclic) bond motifs is 1. The van der Waals surface area contributed by atoms with Crippen molar-refractivity contribution in [1.29, 1.82) is 0 Å². The third kappa shape index (κ3) is 3.04. The van der Waals surface area contributed by atoms with Crippen LogP contribution in [0.2, 0.25) is 0 Å². The zero-order valence-corrected chi connectivity index (χ0v) is 11.7. The van der Waals surface area contributed by atoms with Gasteiger partial charge in [-0.2, -0.15) is 0 Å². The Morgan fingerprint density at radius 2 is 2.41 bits per heavy atom. The van der Waals surface area contributed by atoms with Crippen LogP contribution in [0.3, 0.4) is 0 Å². The van der Waals surface area contributed by atoms with E-state index in [1.54, 1.807) is 17.7 Å². The van der Waals surface area contributed by atoms with Crippen LogP contribution in [0.15, 0.2) is 17.8 Å². The molecule has 1 N–H and O–H groups in total. The number of aromatic nitrogens is 2. The van der Waals surface area contributed by atoms with Gasteiger partial charge in [0, 0.05) is 6.54 Å². The molecule has 0 bridgehead atoms. The smallest absolute Gasteiger partial charge is 0.147 e. The monoisotopic (exact) mass is 311 g/mol. The van der Waals surface area contributed by atoms with E-state index in [0.29, 0.717) is 13.0 Å². The second-order valence-electron chi connectivity index (χ2n) is 3.93. The van der Waals surface area contributed by atoms with E-state index in [4.69, 9.17) is 0 Å². The number of carbonyl (C=O) groups excluding carboxylic acids is 1. The van der Waals surface area contributed by atoms with Crippen LogP contribution in [-0.2, 0) is 4.79 Å². The summed E-state index contributed by atoms with van der Waals surface area (Å²) >= 11 is 4.97. The van der Waals surface area contributed by atoms with Crippen LogP contribution in [0.1, 0.15) is 6.42 Å². The molecule has 0 saturated heterocycles. The Morgan fingerprint density at radius 1 is 1.59 bits per heavy atom. The maximum atomic E-state index is 10.7. The van der Waals surface area contributed by atoms with Gasteiger partial charge in [-0.25, -0.2) is 9.97 Å². The van der Waals surface area contributed by atoms with Crippen molar-refractivity contribution in [3.8, 4) is 0 Å². The van der Waals surface area contributed by atoms with Crippen molar-refractivity contribution in [2.45, 2.75) is 10.6 Å². The minimum atomic E-state index is -0.471. The summed E-state index contributed by atoms with van der Waals surface area (Å²) in [6, 6.07) is 1.97. The van der Waals surface area contributed by atoms with Crippen LogP contribution in [0.5, 0.6) is 0 Å². The van der Waals surface area contributed by atoms with Crippen molar-refractivity contribution in [2.75, 3.05) is 11.9 Å². The normalized spacial score (nSPS) is 14.4. The minimum absolute atomic E-state index is 0.471. The highest BCUT2D eigenvalue weighted by Crippen LogP contribution is 2.25. The van der Waals surface area contributed by atoms with E-state index in [2.05, 4.69) is 31.2 Å². The first-order valence-electron chi connectivity index (χ1n) is 5.20. The van der Waals surface area contributed by atoms with Gasteiger partial charge in [0.15, 0.2) is 0 Å². The lowest BCUT2D eigenvalue weighted by atomic mass is 9.86. The Bertz CT molecular complexity index is 531. The first-order chi connectivity index (χ1) is 8.12. The molecule has 0 fully saturated rings. The summed E-state index contributed by atoms with van der Waals surface area (Å²) in [7, 11) is 1.85. The van der Waals surface area contributed by atoms with Gasteiger partial charge in [0.05, 0.1) is 14.4 Å². The molecule has 0 aromatic carbocycles. The molecule has 2 heterocycles. The molecule has 0 aliphatic carbocycles. The largest absolute Gasteiger partial charge is 0.369 e. The van der Waals surface area contributed by atoms with Crippen molar-refractivity contribution >= 4 is 57.4 Å². The van der Waals surface area contributed by atoms with E-state index in [9.17, 15) is 4.79 Å². The third-order valence-electron chi connectivity index (χ3n) is 2.40. The van der Waals surface area contributed by atoms with Crippen LogP contribution < -0.4 is 5.32 Å². The van der Waals surface area contributed by atoms with Crippen LogP contribution in [-0.4, -0.2) is 34.9 Å². The molecule has 7 heteroatoms. The summed E-state index contributed by atoms with van der Waals surface area (Å²) in [6.07, 6.45) is 3.16. The molecule has 0 radical (unpaired) electrons. The third-order valence-corrected chi connectivity index (χ3v) is 3.89. The van der Waals surface area contributed by atoms with Gasteiger partial charge in [-0.05, 0) is 17.9 Å². The van der Waals surface area contributed by atoms with Crippen molar-refractivity contribution in [3.05, 3.63) is 17.8 Å². The van der Waals surface area contributed by atoms with Gasteiger partial charge in [0.25, 0.3) is 0 Å². The lowest BCUT2D eigenvalue weighted by molar-refractivity contribution is -0.108. The number of anilines is 1. The van der Waals surface area contributed by atoms with Crippen LogP contribution in [0.4, 0.5) is 5.82 Å². The second-order valence-corrected chi connectivity index (χ2v) is 6.66. The number of halogens is 1. The molecule has 4 nitrogen and oxygen atoms in total. The Balaban J connectivity index is 2.04. The summed E-state index contributed by atoms with van der Waals surface area (Å²) in [5, 5.41) is 5.23. The molecule has 0 aliphatic rings. The van der Waals surface area contributed by atoms with E-state index < -0.39 is 4.22 Å². The zero-order chi connectivity index (χ0) is 12.3. The van der Waals surface area contributed by atoms with Crippen LogP contribution in [0.25, 0.3) is 10.2 Å². The first-order valence-corrected chi connectivity index (χ1v) is 6.87. The van der Waals surface area contributed by atoms with E-state index >= 15 is 0 Å². The van der Waals surface area contributed by atoms with Crippen LogP contribution in [0, 0.1) is 0 Å². The molecule has 0 amide bonds. The fourth-order valence-corrected chi connectivity index (χ4v) is 2.41. The van der Waals surface area contributed by atoms with Crippen molar-refractivity contribution in [3.63, 3.8) is 0 Å². The molecule has 88 valence electrons. The topological polar surface area (TPSA) is 54.9 Å². The Morgan fingerprint density at radius 3 is 3.18 bits per heavy atom. The number of carbonyl (C=O) groups is 1. The Kier molecular flexibility index (Phi) is 3.78. The second kappa shape index (κ2) is 5.14. The van der Waals surface area contributed by atoms with E-state index in [-0.39, 0.29) is 0 Å². The average Bonchev–Trinajstić information content (AvgIpc) is 2.78. The number of nitrogens with one attached hydrogen (secondary N) is 1. The van der Waals surface area contributed by atoms with Gasteiger partial charge >= 0.3 is 0 Å². The summed E-state index contributed by atoms with van der Waals surface area (Å²) in [4.78, 5) is 19.1. The van der Waals surface area contributed by atoms with Crippen molar-refractivity contribution in [2.24, 2.45) is 0 Å². The molecular formula is C10H11BBrN3OS. The van der Waals surface area contributed by atoms with E-state index in [0.717, 1.165) is 22.3 Å². The zero-order valence-electron chi connectivity index (χ0n) is 9.31.